The predicted molar refractivity (Wildman–Crippen MR) is 68.6 cm³/mol. The highest BCUT2D eigenvalue weighted by Crippen LogP contribution is 2.45. The average molecular weight is 264 g/mol. The first-order valence-electron chi connectivity index (χ1n) is 6.05. The van der Waals surface area contributed by atoms with Gasteiger partial charge in [-0.05, 0) is 36.5 Å². The molecule has 0 radical (unpaired) electrons. The van der Waals surface area contributed by atoms with Crippen molar-refractivity contribution in [1.82, 2.24) is 14.8 Å². The molecule has 5 heteroatoms. The lowest BCUT2D eigenvalue weighted by atomic mass is 9.94. The van der Waals surface area contributed by atoms with Crippen LogP contribution < -0.4 is 0 Å². The molecule has 1 aliphatic rings. The molecule has 1 aromatic carbocycles. The maximum Gasteiger partial charge on any atom is 0.137 e. The normalized spacial score (nSPS) is 16.7. The van der Waals surface area contributed by atoms with Crippen LogP contribution >= 0.6 is 11.6 Å². The second-order valence-electron chi connectivity index (χ2n) is 4.77. The van der Waals surface area contributed by atoms with E-state index in [1.165, 1.54) is 12.8 Å². The summed E-state index contributed by atoms with van der Waals surface area (Å²) in [5, 5.41) is 14.2. The maximum atomic E-state index is 9.42. The minimum Gasteiger partial charge on any atom is -0.508 e. The van der Waals surface area contributed by atoms with Crippen LogP contribution in [0.3, 0.4) is 0 Å². The molecule has 3 rings (SSSR count). The van der Waals surface area contributed by atoms with Gasteiger partial charge in [0.1, 0.15) is 18.4 Å². The van der Waals surface area contributed by atoms with Gasteiger partial charge in [-0.15, -0.1) is 0 Å². The minimum absolute atomic E-state index is 0.207. The Morgan fingerprint density at radius 3 is 2.89 bits per heavy atom. The van der Waals surface area contributed by atoms with Gasteiger partial charge >= 0.3 is 0 Å². The Labute approximate surface area is 110 Å². The van der Waals surface area contributed by atoms with Crippen molar-refractivity contribution in [3.63, 3.8) is 0 Å². The Morgan fingerprint density at radius 1 is 1.44 bits per heavy atom. The van der Waals surface area contributed by atoms with Crippen molar-refractivity contribution in [3.8, 4) is 5.75 Å². The fourth-order valence-electron chi connectivity index (χ4n) is 2.35. The molecule has 1 saturated carbocycles. The Bertz CT molecular complexity index is 537. The van der Waals surface area contributed by atoms with Crippen molar-refractivity contribution in [2.75, 3.05) is 0 Å². The number of phenols is 1. The molecule has 1 aliphatic carbocycles. The number of halogens is 1. The van der Waals surface area contributed by atoms with Crippen LogP contribution in [0.1, 0.15) is 24.3 Å². The van der Waals surface area contributed by atoms with Gasteiger partial charge in [0.2, 0.25) is 0 Å². The van der Waals surface area contributed by atoms with Crippen molar-refractivity contribution >= 4 is 11.6 Å². The van der Waals surface area contributed by atoms with E-state index in [1.54, 1.807) is 24.8 Å². The highest BCUT2D eigenvalue weighted by molar-refractivity contribution is 6.31. The summed E-state index contributed by atoms with van der Waals surface area (Å²) < 4.78 is 1.84. The Balaban J connectivity index is 1.89. The lowest BCUT2D eigenvalue weighted by Crippen LogP contribution is -2.12. The third-order valence-corrected chi connectivity index (χ3v) is 3.75. The summed E-state index contributed by atoms with van der Waals surface area (Å²) in [5.41, 5.74) is 1.09. The van der Waals surface area contributed by atoms with Crippen molar-refractivity contribution in [3.05, 3.63) is 41.4 Å². The van der Waals surface area contributed by atoms with E-state index in [0.717, 1.165) is 12.1 Å². The predicted octanol–water partition coefficient (Wildman–Crippen LogP) is 2.83. The molecule has 1 fully saturated rings. The van der Waals surface area contributed by atoms with E-state index in [-0.39, 0.29) is 5.75 Å². The third kappa shape index (κ3) is 2.34. The van der Waals surface area contributed by atoms with Gasteiger partial charge in [-0.25, -0.2) is 4.98 Å². The lowest BCUT2D eigenvalue weighted by molar-refractivity contribution is 0.465. The van der Waals surface area contributed by atoms with Gasteiger partial charge in [-0.1, -0.05) is 17.7 Å². The number of phenolic OH excluding ortho intramolecular Hbond substituents is 1. The molecule has 1 N–H and O–H groups in total. The summed E-state index contributed by atoms with van der Waals surface area (Å²) in [4.78, 5) is 3.96. The van der Waals surface area contributed by atoms with Gasteiger partial charge in [0.15, 0.2) is 0 Å². The summed E-state index contributed by atoms with van der Waals surface area (Å²) in [5.74, 6) is 1.22. The summed E-state index contributed by atoms with van der Waals surface area (Å²) in [7, 11) is 0. The van der Waals surface area contributed by atoms with E-state index in [1.807, 2.05) is 10.7 Å². The first-order chi connectivity index (χ1) is 8.74. The topological polar surface area (TPSA) is 50.9 Å². The SMILES string of the molecule is Oc1ccc(C(Cn2cncn2)C2CC2)c(Cl)c1. The van der Waals surface area contributed by atoms with Crippen LogP contribution in [0.2, 0.25) is 5.02 Å². The van der Waals surface area contributed by atoms with Crippen molar-refractivity contribution in [1.29, 1.82) is 0 Å². The molecule has 4 nitrogen and oxygen atoms in total. The molecule has 0 amide bonds. The third-order valence-electron chi connectivity index (χ3n) is 3.42. The number of hydrogen-bond donors (Lipinski definition) is 1. The molecule has 94 valence electrons. The van der Waals surface area contributed by atoms with Crippen LogP contribution in [0.4, 0.5) is 0 Å². The lowest BCUT2D eigenvalue weighted by Gasteiger charge is -2.18. The molecule has 1 aromatic heterocycles. The van der Waals surface area contributed by atoms with Crippen LogP contribution in [-0.2, 0) is 6.54 Å². The number of nitrogens with zero attached hydrogens (tertiary/aromatic N) is 3. The van der Waals surface area contributed by atoms with E-state index < -0.39 is 0 Å². The zero-order valence-corrected chi connectivity index (χ0v) is 10.6. The summed E-state index contributed by atoms with van der Waals surface area (Å²) >= 11 is 6.23. The molecule has 1 unspecified atom stereocenters. The summed E-state index contributed by atoms with van der Waals surface area (Å²) in [6, 6.07) is 5.21. The zero-order chi connectivity index (χ0) is 12.5. The quantitative estimate of drug-likeness (QED) is 0.923. The number of aromatic hydroxyl groups is 1. The fourth-order valence-corrected chi connectivity index (χ4v) is 2.66. The van der Waals surface area contributed by atoms with E-state index in [2.05, 4.69) is 10.1 Å². The first kappa shape index (κ1) is 11.5. The monoisotopic (exact) mass is 263 g/mol. The molecule has 0 bridgehead atoms. The summed E-state index contributed by atoms with van der Waals surface area (Å²) in [6.45, 7) is 0.787. The molecule has 1 atom stereocenters. The molecule has 1 heterocycles. The number of hydrogen-bond acceptors (Lipinski definition) is 3. The molecule has 18 heavy (non-hydrogen) atoms. The molecule has 0 saturated heterocycles. The van der Waals surface area contributed by atoms with E-state index in [0.29, 0.717) is 16.9 Å². The van der Waals surface area contributed by atoms with Crippen LogP contribution in [0.5, 0.6) is 5.75 Å². The fraction of sp³-hybridized carbons (Fsp3) is 0.385. The van der Waals surface area contributed by atoms with Gasteiger partial charge < -0.3 is 5.11 Å². The van der Waals surface area contributed by atoms with Crippen LogP contribution in [-0.4, -0.2) is 19.9 Å². The number of aromatic nitrogens is 3. The minimum atomic E-state index is 0.207. The average Bonchev–Trinajstić information content (AvgIpc) is 3.05. The number of benzene rings is 1. The smallest absolute Gasteiger partial charge is 0.137 e. The highest BCUT2D eigenvalue weighted by Gasteiger charge is 2.33. The van der Waals surface area contributed by atoms with Gasteiger partial charge in [0.05, 0.1) is 0 Å². The van der Waals surface area contributed by atoms with Gasteiger partial charge in [0, 0.05) is 17.5 Å². The molecule has 0 aliphatic heterocycles. The van der Waals surface area contributed by atoms with Crippen molar-refractivity contribution in [2.24, 2.45) is 5.92 Å². The number of rotatable bonds is 4. The standard InChI is InChI=1S/C13H14ClN3O/c14-13-5-10(18)3-4-11(13)12(9-1-2-9)6-17-8-15-7-16-17/h3-5,7-9,12,18H,1-2,6H2. The van der Waals surface area contributed by atoms with Crippen molar-refractivity contribution < 1.29 is 5.11 Å². The van der Waals surface area contributed by atoms with Gasteiger partial charge in [0.25, 0.3) is 0 Å². The Morgan fingerprint density at radius 2 is 2.28 bits per heavy atom. The van der Waals surface area contributed by atoms with Crippen LogP contribution in [0, 0.1) is 5.92 Å². The maximum absolute atomic E-state index is 9.42. The van der Waals surface area contributed by atoms with E-state index >= 15 is 0 Å². The van der Waals surface area contributed by atoms with E-state index in [4.69, 9.17) is 11.6 Å². The molecular formula is C13H14ClN3O. The van der Waals surface area contributed by atoms with Gasteiger partial charge in [-0.3, -0.25) is 4.68 Å². The zero-order valence-electron chi connectivity index (χ0n) is 9.83. The van der Waals surface area contributed by atoms with Crippen LogP contribution in [0.25, 0.3) is 0 Å². The largest absolute Gasteiger partial charge is 0.508 e. The summed E-state index contributed by atoms with van der Waals surface area (Å²) in [6.07, 6.45) is 5.74. The van der Waals surface area contributed by atoms with Crippen molar-refractivity contribution in [2.45, 2.75) is 25.3 Å². The second kappa shape index (κ2) is 4.61. The highest BCUT2D eigenvalue weighted by atomic mass is 35.5. The molecule has 0 spiro atoms. The first-order valence-corrected chi connectivity index (χ1v) is 6.42. The van der Waals surface area contributed by atoms with E-state index in [9.17, 15) is 5.11 Å². The second-order valence-corrected chi connectivity index (χ2v) is 5.17. The molecular weight excluding hydrogens is 250 g/mol. The Kier molecular flexibility index (Phi) is 2.96. The Hall–Kier alpha value is -1.55. The molecule has 2 aromatic rings. The van der Waals surface area contributed by atoms with Gasteiger partial charge in [-0.2, -0.15) is 5.10 Å². The van der Waals surface area contributed by atoms with Crippen LogP contribution in [0.15, 0.2) is 30.9 Å².